The van der Waals surface area contributed by atoms with Gasteiger partial charge in [-0.3, -0.25) is 0 Å². The lowest BCUT2D eigenvalue weighted by atomic mass is 10.0. The van der Waals surface area contributed by atoms with Crippen LogP contribution in [-0.2, 0) is 0 Å². The molecule has 0 unspecified atom stereocenters. The van der Waals surface area contributed by atoms with Crippen LogP contribution in [0.1, 0.15) is 25.7 Å². The molecule has 0 N–H and O–H groups in total. The molecule has 2 aliphatic rings. The van der Waals surface area contributed by atoms with Crippen LogP contribution in [-0.4, -0.2) is 0 Å². The van der Waals surface area contributed by atoms with Crippen LogP contribution >= 0.6 is 11.6 Å². The second kappa shape index (κ2) is 1.57. The summed E-state index contributed by atoms with van der Waals surface area (Å²) in [6.07, 6.45) is 5.45. The molecule has 0 spiro atoms. The van der Waals surface area contributed by atoms with E-state index in [9.17, 15) is 0 Å². The van der Waals surface area contributed by atoms with E-state index in [4.69, 9.17) is 11.6 Å². The highest BCUT2D eigenvalue weighted by Gasteiger charge is 2.48. The van der Waals surface area contributed by atoms with Gasteiger partial charge < -0.3 is 0 Å². The molecular weight excluding hydrogens is 120 g/mol. The number of halogens is 1. The zero-order valence-corrected chi connectivity index (χ0v) is 5.62. The Morgan fingerprint density at radius 1 is 1.38 bits per heavy atom. The van der Waals surface area contributed by atoms with Gasteiger partial charge in [0, 0.05) is 5.92 Å². The maximum Gasteiger partial charge on any atom is 0.203 e. The van der Waals surface area contributed by atoms with Gasteiger partial charge in [-0.05, 0) is 19.3 Å². The summed E-state index contributed by atoms with van der Waals surface area (Å²) in [7, 11) is 0. The molecule has 2 fully saturated rings. The average molecular weight is 130 g/mol. The van der Waals surface area contributed by atoms with E-state index in [1.165, 1.54) is 31.1 Å². The highest BCUT2D eigenvalue weighted by Crippen LogP contribution is 2.51. The molecule has 2 aliphatic carbocycles. The molecule has 0 aromatic heterocycles. The third kappa shape index (κ3) is 0.557. The zero-order chi connectivity index (χ0) is 5.56. The Hall–Kier alpha value is 0.160. The molecule has 1 heteroatoms. The number of hydrogen-bond donors (Lipinski definition) is 0. The molecule has 0 nitrogen and oxygen atoms in total. The van der Waals surface area contributed by atoms with E-state index in [-0.39, 0.29) is 0 Å². The van der Waals surface area contributed by atoms with E-state index >= 15 is 0 Å². The molecule has 0 amide bonds. The molecule has 2 bridgehead atoms. The third-order valence-corrected chi connectivity index (χ3v) is 2.93. The van der Waals surface area contributed by atoms with Crippen molar-refractivity contribution in [2.24, 2.45) is 11.8 Å². The Morgan fingerprint density at radius 3 is 2.50 bits per heavy atom. The van der Waals surface area contributed by atoms with E-state index in [1.807, 2.05) is 0 Å². The van der Waals surface area contributed by atoms with Gasteiger partial charge in [0.1, 0.15) is 23.9 Å². The highest BCUT2D eigenvalue weighted by atomic mass is 35.5. The number of hydrogen-bond acceptors (Lipinski definition) is 0. The molecule has 0 heterocycles. The van der Waals surface area contributed by atoms with Gasteiger partial charge in [0.25, 0.3) is 0 Å². The van der Waals surface area contributed by atoms with Crippen molar-refractivity contribution in [1.29, 1.82) is 0 Å². The van der Waals surface area contributed by atoms with E-state index in [1.54, 1.807) is 0 Å². The lowest BCUT2D eigenvalue weighted by molar-refractivity contribution is 0.544. The first-order chi connectivity index (χ1) is 3.86. The summed E-state index contributed by atoms with van der Waals surface area (Å²) in [4.78, 5) is 0. The van der Waals surface area contributed by atoms with Crippen molar-refractivity contribution in [3.8, 4) is 0 Å². The summed E-state index contributed by atoms with van der Waals surface area (Å²) >= 11 is 5.93. The van der Waals surface area contributed by atoms with Crippen molar-refractivity contribution < 1.29 is 0 Å². The van der Waals surface area contributed by atoms with Crippen LogP contribution < -0.4 is 0 Å². The van der Waals surface area contributed by atoms with Crippen LogP contribution in [0.25, 0.3) is 0 Å². The number of fused-ring (bicyclic) bond motifs is 2. The second-order valence-corrected chi connectivity index (χ2v) is 3.51. The van der Waals surface area contributed by atoms with Crippen molar-refractivity contribution in [2.45, 2.75) is 25.7 Å². The van der Waals surface area contributed by atoms with Crippen molar-refractivity contribution in [1.82, 2.24) is 0 Å². The van der Waals surface area contributed by atoms with Crippen molar-refractivity contribution >= 4 is 11.6 Å². The Bertz CT molecular complexity index is 98.6. The van der Waals surface area contributed by atoms with Crippen molar-refractivity contribution in [2.75, 3.05) is 0 Å². The molecule has 0 radical (unpaired) electrons. The van der Waals surface area contributed by atoms with Crippen molar-refractivity contribution in [3.63, 3.8) is 0 Å². The highest BCUT2D eigenvalue weighted by molar-refractivity contribution is 6.27. The summed E-state index contributed by atoms with van der Waals surface area (Å²) in [6.45, 7) is 0. The minimum Gasteiger partial charge on any atom is -0.0417 e. The van der Waals surface area contributed by atoms with Crippen LogP contribution in [0.3, 0.4) is 0 Å². The lowest BCUT2D eigenvalue weighted by Crippen LogP contribution is -2.00. The van der Waals surface area contributed by atoms with Gasteiger partial charge in [0.2, 0.25) is 5.38 Å². The first-order valence-corrected chi connectivity index (χ1v) is 3.75. The summed E-state index contributed by atoms with van der Waals surface area (Å²) in [6, 6.07) is 0. The molecule has 8 heavy (non-hydrogen) atoms. The summed E-state index contributed by atoms with van der Waals surface area (Å²) in [5.41, 5.74) is 0. The molecule has 44 valence electrons. The number of rotatable bonds is 0. The Balaban J connectivity index is 2.11. The topological polar surface area (TPSA) is 0 Å². The predicted molar refractivity (Wildman–Crippen MR) is 34.5 cm³/mol. The summed E-state index contributed by atoms with van der Waals surface area (Å²) in [5.74, 6) is 1.80. The van der Waals surface area contributed by atoms with Crippen LogP contribution in [0.15, 0.2) is 0 Å². The molecule has 2 atom stereocenters. The predicted octanol–water partition coefficient (Wildman–Crippen LogP) is 2.58. The van der Waals surface area contributed by atoms with Gasteiger partial charge in [0.15, 0.2) is 0 Å². The fraction of sp³-hybridized carbons (Fsp3) is 0.857. The standard InChI is InChI=1S/C7H10Cl/c8-7-4-5-1-2-6(7)3-5/h5-6H,1-4H2/q+1/t5-,6+/m1/s1. The molecule has 0 aromatic carbocycles. The van der Waals surface area contributed by atoms with Crippen LogP contribution in [0.4, 0.5) is 0 Å². The monoisotopic (exact) mass is 129 g/mol. The van der Waals surface area contributed by atoms with Crippen LogP contribution in [0.2, 0.25) is 0 Å². The van der Waals surface area contributed by atoms with Gasteiger partial charge in [-0.15, -0.1) is 0 Å². The SMILES string of the molecule is Cl[C+]1C[C@@H]2CC[C@H]1C2. The van der Waals surface area contributed by atoms with E-state index < -0.39 is 0 Å². The van der Waals surface area contributed by atoms with Gasteiger partial charge in [-0.1, -0.05) is 0 Å². The minimum absolute atomic E-state index is 0.821. The smallest absolute Gasteiger partial charge is 0.0417 e. The molecule has 2 saturated carbocycles. The zero-order valence-electron chi connectivity index (χ0n) is 4.86. The molecular formula is C7H10Cl+. The second-order valence-electron chi connectivity index (χ2n) is 3.03. The molecule has 0 saturated heterocycles. The fourth-order valence-electron chi connectivity index (χ4n) is 1.99. The Morgan fingerprint density at radius 2 is 2.25 bits per heavy atom. The third-order valence-electron chi connectivity index (χ3n) is 2.47. The molecule has 0 aromatic rings. The summed E-state index contributed by atoms with van der Waals surface area (Å²) in [5, 5.41) is 1.27. The first kappa shape index (κ1) is 4.99. The Labute approximate surface area is 55.2 Å². The van der Waals surface area contributed by atoms with E-state index in [0.717, 1.165) is 11.8 Å². The normalized spacial score (nSPS) is 43.9. The van der Waals surface area contributed by atoms with Gasteiger partial charge in [0.05, 0.1) is 0 Å². The lowest BCUT2D eigenvalue weighted by Gasteiger charge is -2.02. The first-order valence-electron chi connectivity index (χ1n) is 3.37. The van der Waals surface area contributed by atoms with E-state index in [0.29, 0.717) is 0 Å². The van der Waals surface area contributed by atoms with Crippen LogP contribution in [0.5, 0.6) is 0 Å². The van der Waals surface area contributed by atoms with Gasteiger partial charge in [-0.25, -0.2) is 0 Å². The fourth-order valence-corrected chi connectivity index (χ4v) is 2.40. The maximum absolute atomic E-state index is 5.93. The van der Waals surface area contributed by atoms with Gasteiger partial charge in [-0.2, -0.15) is 0 Å². The molecule has 0 aliphatic heterocycles. The van der Waals surface area contributed by atoms with Crippen molar-refractivity contribution in [3.05, 3.63) is 5.38 Å². The quantitative estimate of drug-likeness (QED) is 0.441. The van der Waals surface area contributed by atoms with Gasteiger partial charge >= 0.3 is 0 Å². The minimum atomic E-state index is 0.821. The van der Waals surface area contributed by atoms with Crippen LogP contribution in [0, 0.1) is 17.2 Å². The average Bonchev–Trinajstić information content (AvgIpc) is 2.23. The largest absolute Gasteiger partial charge is 0.203 e. The maximum atomic E-state index is 5.93. The summed E-state index contributed by atoms with van der Waals surface area (Å²) < 4.78 is 0. The molecule has 2 rings (SSSR count). The Kier molecular flexibility index (Phi) is 0.978. The van der Waals surface area contributed by atoms with E-state index in [2.05, 4.69) is 0 Å².